The molecule has 0 amide bonds. The minimum Gasteiger partial charge on any atom is -0.353 e. The number of rotatable bonds is 2. The van der Waals surface area contributed by atoms with Gasteiger partial charge < -0.3 is 4.90 Å². The van der Waals surface area contributed by atoms with E-state index in [1.54, 1.807) is 0 Å². The van der Waals surface area contributed by atoms with Crippen LogP contribution < -0.4 is 4.90 Å². The smallest absolute Gasteiger partial charge is 0.183 e. The van der Waals surface area contributed by atoms with Crippen molar-refractivity contribution in [2.75, 3.05) is 18.0 Å². The first-order valence-corrected chi connectivity index (χ1v) is 6.64. The van der Waals surface area contributed by atoms with Gasteiger partial charge in [-0.2, -0.15) is 0 Å². The van der Waals surface area contributed by atoms with Crippen LogP contribution in [0.15, 0.2) is 36.5 Å². The topological polar surface area (TPSA) is 29.0 Å². The number of piperidine rings is 1. The molecule has 1 aliphatic heterocycles. The lowest BCUT2D eigenvalue weighted by Crippen LogP contribution is -2.24. The summed E-state index contributed by atoms with van der Waals surface area (Å²) in [6.45, 7) is 1.87. The lowest BCUT2D eigenvalue weighted by atomic mass is 10.2. The second-order valence-electron chi connectivity index (χ2n) is 5.39. The lowest BCUT2D eigenvalue weighted by molar-refractivity contribution is 0.604. The Morgan fingerprint density at radius 3 is 2.58 bits per heavy atom. The van der Waals surface area contributed by atoms with E-state index in [4.69, 9.17) is 0 Å². The fourth-order valence-electron chi connectivity index (χ4n) is 2.88. The van der Waals surface area contributed by atoms with E-state index in [2.05, 4.69) is 14.9 Å². The molecule has 0 spiro atoms. The fraction of sp³-hybridized carbons (Fsp3) is 0.333. The van der Waals surface area contributed by atoms with Crippen molar-refractivity contribution in [3.8, 4) is 11.4 Å². The SMILES string of the molecule is Fc1cnc(-c2ccccc2)nc1N1CC2CC2C1. The number of aromatic nitrogens is 2. The van der Waals surface area contributed by atoms with E-state index in [-0.39, 0.29) is 5.82 Å². The molecule has 2 fully saturated rings. The molecule has 2 unspecified atom stereocenters. The normalized spacial score (nSPS) is 24.4. The molecule has 1 aromatic carbocycles. The predicted molar refractivity (Wildman–Crippen MR) is 71.2 cm³/mol. The van der Waals surface area contributed by atoms with Gasteiger partial charge >= 0.3 is 0 Å². The van der Waals surface area contributed by atoms with Crippen molar-refractivity contribution < 1.29 is 4.39 Å². The number of anilines is 1. The van der Waals surface area contributed by atoms with Gasteiger partial charge in [0, 0.05) is 18.7 Å². The van der Waals surface area contributed by atoms with Crippen LogP contribution in [0.3, 0.4) is 0 Å². The molecule has 1 aliphatic carbocycles. The molecule has 2 heterocycles. The average molecular weight is 255 g/mol. The van der Waals surface area contributed by atoms with Gasteiger partial charge in [-0.1, -0.05) is 30.3 Å². The van der Waals surface area contributed by atoms with Gasteiger partial charge in [0.2, 0.25) is 0 Å². The lowest BCUT2D eigenvalue weighted by Gasteiger charge is -2.19. The summed E-state index contributed by atoms with van der Waals surface area (Å²) in [5.74, 6) is 2.25. The first kappa shape index (κ1) is 10.9. The van der Waals surface area contributed by atoms with Gasteiger partial charge in [-0.25, -0.2) is 14.4 Å². The Kier molecular flexibility index (Phi) is 2.31. The number of benzene rings is 1. The highest BCUT2D eigenvalue weighted by atomic mass is 19.1. The summed E-state index contributed by atoms with van der Waals surface area (Å²) in [6, 6.07) is 9.71. The summed E-state index contributed by atoms with van der Waals surface area (Å²) in [6.07, 6.45) is 2.59. The Labute approximate surface area is 111 Å². The molecule has 1 aromatic heterocycles. The molecule has 19 heavy (non-hydrogen) atoms. The van der Waals surface area contributed by atoms with Crippen LogP contribution in [-0.4, -0.2) is 23.1 Å². The fourth-order valence-corrected chi connectivity index (χ4v) is 2.88. The number of hydrogen-bond donors (Lipinski definition) is 0. The Morgan fingerprint density at radius 1 is 1.11 bits per heavy atom. The maximum absolute atomic E-state index is 13.9. The van der Waals surface area contributed by atoms with Crippen LogP contribution in [0.4, 0.5) is 10.2 Å². The van der Waals surface area contributed by atoms with Crippen LogP contribution in [0.5, 0.6) is 0 Å². The molecule has 1 saturated heterocycles. The summed E-state index contributed by atoms with van der Waals surface area (Å²) in [5.41, 5.74) is 0.924. The molecule has 1 saturated carbocycles. The van der Waals surface area contributed by atoms with Crippen LogP contribution in [-0.2, 0) is 0 Å². The van der Waals surface area contributed by atoms with E-state index in [0.29, 0.717) is 11.6 Å². The predicted octanol–water partition coefficient (Wildman–Crippen LogP) is 2.74. The summed E-state index contributed by atoms with van der Waals surface area (Å²) in [5, 5.41) is 0. The van der Waals surface area contributed by atoms with Crippen molar-refractivity contribution in [1.82, 2.24) is 9.97 Å². The van der Waals surface area contributed by atoms with Crippen molar-refractivity contribution >= 4 is 5.82 Å². The first-order valence-electron chi connectivity index (χ1n) is 6.64. The molecule has 2 aliphatic rings. The maximum atomic E-state index is 13.9. The second kappa shape index (κ2) is 4.02. The monoisotopic (exact) mass is 255 g/mol. The maximum Gasteiger partial charge on any atom is 0.183 e. The Morgan fingerprint density at radius 2 is 1.84 bits per heavy atom. The van der Waals surface area contributed by atoms with Gasteiger partial charge in [-0.3, -0.25) is 0 Å². The third-order valence-electron chi connectivity index (χ3n) is 4.04. The minimum absolute atomic E-state index is 0.319. The van der Waals surface area contributed by atoms with Gasteiger partial charge in [-0.15, -0.1) is 0 Å². The highest BCUT2D eigenvalue weighted by Gasteiger charge is 2.46. The zero-order valence-corrected chi connectivity index (χ0v) is 10.5. The highest BCUT2D eigenvalue weighted by molar-refractivity contribution is 5.57. The molecule has 0 radical (unpaired) electrons. The number of nitrogens with zero attached hydrogens (tertiary/aromatic N) is 3. The van der Waals surface area contributed by atoms with Crippen molar-refractivity contribution in [3.63, 3.8) is 0 Å². The van der Waals surface area contributed by atoms with Crippen LogP contribution in [0.25, 0.3) is 11.4 Å². The molecule has 3 nitrogen and oxygen atoms in total. The third-order valence-corrected chi connectivity index (χ3v) is 4.04. The van der Waals surface area contributed by atoms with Gasteiger partial charge in [0.15, 0.2) is 17.5 Å². The number of fused-ring (bicyclic) bond motifs is 1. The van der Waals surface area contributed by atoms with Crippen molar-refractivity contribution in [2.24, 2.45) is 11.8 Å². The zero-order valence-electron chi connectivity index (χ0n) is 10.5. The van der Waals surface area contributed by atoms with Gasteiger partial charge in [0.1, 0.15) is 0 Å². The number of halogens is 1. The van der Waals surface area contributed by atoms with Gasteiger partial charge in [0.25, 0.3) is 0 Å². The summed E-state index contributed by atoms with van der Waals surface area (Å²) < 4.78 is 13.9. The van der Waals surface area contributed by atoms with E-state index >= 15 is 0 Å². The summed E-state index contributed by atoms with van der Waals surface area (Å²) in [7, 11) is 0. The van der Waals surface area contributed by atoms with Crippen LogP contribution >= 0.6 is 0 Å². The largest absolute Gasteiger partial charge is 0.353 e. The molecule has 4 heteroatoms. The Bertz CT molecular complexity index is 604. The zero-order chi connectivity index (χ0) is 12.8. The summed E-state index contributed by atoms with van der Waals surface area (Å²) >= 11 is 0. The van der Waals surface area contributed by atoms with Crippen molar-refractivity contribution in [2.45, 2.75) is 6.42 Å². The van der Waals surface area contributed by atoms with Crippen LogP contribution in [0.1, 0.15) is 6.42 Å². The molecular formula is C15H14FN3. The van der Waals surface area contributed by atoms with E-state index in [0.717, 1.165) is 30.5 Å². The number of hydrogen-bond acceptors (Lipinski definition) is 3. The van der Waals surface area contributed by atoms with Crippen molar-refractivity contribution in [3.05, 3.63) is 42.3 Å². The molecule has 2 atom stereocenters. The molecule has 96 valence electrons. The van der Waals surface area contributed by atoms with Crippen LogP contribution in [0.2, 0.25) is 0 Å². The Balaban J connectivity index is 1.71. The molecular weight excluding hydrogens is 241 g/mol. The highest BCUT2D eigenvalue weighted by Crippen LogP contribution is 2.46. The minimum atomic E-state index is -0.319. The van der Waals surface area contributed by atoms with Crippen LogP contribution in [0, 0.1) is 17.7 Å². The standard InChI is InChI=1S/C15H14FN3/c16-13-7-17-14(10-4-2-1-3-5-10)18-15(13)19-8-11-6-12(11)9-19/h1-5,7,11-12H,6,8-9H2. The molecule has 0 N–H and O–H groups in total. The quantitative estimate of drug-likeness (QED) is 0.826. The van der Waals surface area contributed by atoms with Crippen molar-refractivity contribution in [1.29, 1.82) is 0 Å². The summed E-state index contributed by atoms with van der Waals surface area (Å²) in [4.78, 5) is 10.6. The van der Waals surface area contributed by atoms with E-state index in [1.807, 2.05) is 30.3 Å². The molecule has 0 bridgehead atoms. The molecule has 4 rings (SSSR count). The first-order chi connectivity index (χ1) is 9.31. The third kappa shape index (κ3) is 1.87. The van der Waals surface area contributed by atoms with Gasteiger partial charge in [-0.05, 0) is 18.3 Å². The Hall–Kier alpha value is -1.97. The van der Waals surface area contributed by atoms with E-state index in [1.165, 1.54) is 12.6 Å². The van der Waals surface area contributed by atoms with E-state index < -0.39 is 0 Å². The van der Waals surface area contributed by atoms with E-state index in [9.17, 15) is 4.39 Å². The molecule has 2 aromatic rings. The second-order valence-corrected chi connectivity index (χ2v) is 5.39. The average Bonchev–Trinajstić information content (AvgIpc) is 3.07. The van der Waals surface area contributed by atoms with Gasteiger partial charge in [0.05, 0.1) is 6.20 Å².